The first-order valence-electron chi connectivity index (χ1n) is 8.41. The van der Waals surface area contributed by atoms with Crippen molar-refractivity contribution in [3.8, 4) is 0 Å². The molecule has 1 fully saturated rings. The van der Waals surface area contributed by atoms with Crippen molar-refractivity contribution in [1.29, 1.82) is 0 Å². The van der Waals surface area contributed by atoms with Crippen molar-refractivity contribution in [3.63, 3.8) is 0 Å². The van der Waals surface area contributed by atoms with Crippen LogP contribution in [0, 0.1) is 0 Å². The number of carboxylic acid groups (broad SMARTS) is 1. The van der Waals surface area contributed by atoms with Gasteiger partial charge in [-0.3, -0.25) is 4.79 Å². The molecule has 0 unspecified atom stereocenters. The number of amides is 1. The number of benzene rings is 1. The smallest absolute Gasteiger partial charge is 0.416 e. The van der Waals surface area contributed by atoms with Crippen molar-refractivity contribution in [2.24, 2.45) is 0 Å². The molecule has 1 aliphatic rings. The van der Waals surface area contributed by atoms with Gasteiger partial charge in [0, 0.05) is 24.8 Å². The standard InChI is InChI=1S/C19H17F3N2O3/c20-19(21,22)15-3-1-12(2-4-15)13-6-9-24(10-7-13)17(25)14-5-8-23-16(11-14)18(26)27/h1-5,8,11,13H,6-7,9-10H2,(H,26,27). The summed E-state index contributed by atoms with van der Waals surface area (Å²) in [5.74, 6) is -1.39. The fourth-order valence-electron chi connectivity index (χ4n) is 3.22. The van der Waals surface area contributed by atoms with Crippen molar-refractivity contribution in [1.82, 2.24) is 9.88 Å². The van der Waals surface area contributed by atoms with Crippen LogP contribution in [0.15, 0.2) is 42.6 Å². The number of aromatic carboxylic acids is 1. The normalized spacial score (nSPS) is 15.6. The zero-order valence-corrected chi connectivity index (χ0v) is 14.2. The quantitative estimate of drug-likeness (QED) is 0.882. The highest BCUT2D eigenvalue weighted by Crippen LogP contribution is 2.33. The van der Waals surface area contributed by atoms with E-state index in [1.165, 1.54) is 30.5 Å². The Hall–Kier alpha value is -2.90. The lowest BCUT2D eigenvalue weighted by Crippen LogP contribution is -2.38. The van der Waals surface area contributed by atoms with Crippen LogP contribution in [0.25, 0.3) is 0 Å². The van der Waals surface area contributed by atoms with Gasteiger partial charge in [-0.1, -0.05) is 12.1 Å². The van der Waals surface area contributed by atoms with Crippen LogP contribution in [-0.4, -0.2) is 40.0 Å². The maximum atomic E-state index is 12.7. The monoisotopic (exact) mass is 378 g/mol. The van der Waals surface area contributed by atoms with Crippen LogP contribution in [0.2, 0.25) is 0 Å². The Labute approximate surface area is 153 Å². The highest BCUT2D eigenvalue weighted by atomic mass is 19.4. The van der Waals surface area contributed by atoms with Crippen LogP contribution in [-0.2, 0) is 6.18 Å². The summed E-state index contributed by atoms with van der Waals surface area (Å²) in [6.45, 7) is 0.907. The topological polar surface area (TPSA) is 70.5 Å². The number of rotatable bonds is 3. The molecule has 5 nitrogen and oxygen atoms in total. The number of halogens is 3. The minimum atomic E-state index is -4.35. The van der Waals surface area contributed by atoms with Gasteiger partial charge in [-0.15, -0.1) is 0 Å². The second-order valence-corrected chi connectivity index (χ2v) is 6.42. The van der Waals surface area contributed by atoms with E-state index in [0.29, 0.717) is 25.9 Å². The molecule has 0 aliphatic carbocycles. The SMILES string of the molecule is O=C(O)c1cc(C(=O)N2CCC(c3ccc(C(F)(F)F)cc3)CC2)ccn1. The van der Waals surface area contributed by atoms with Gasteiger partial charge in [0.15, 0.2) is 0 Å². The molecule has 0 atom stereocenters. The maximum Gasteiger partial charge on any atom is 0.416 e. The number of nitrogens with zero attached hydrogens (tertiary/aromatic N) is 2. The summed E-state index contributed by atoms with van der Waals surface area (Å²) in [6.07, 6.45) is -1.80. The summed E-state index contributed by atoms with van der Waals surface area (Å²) >= 11 is 0. The lowest BCUT2D eigenvalue weighted by Gasteiger charge is -2.32. The molecule has 142 valence electrons. The van der Waals surface area contributed by atoms with E-state index >= 15 is 0 Å². The van der Waals surface area contributed by atoms with E-state index in [0.717, 1.165) is 17.7 Å². The molecular weight excluding hydrogens is 361 g/mol. The number of aromatic nitrogens is 1. The Morgan fingerprint density at radius 3 is 2.26 bits per heavy atom. The van der Waals surface area contributed by atoms with E-state index in [-0.39, 0.29) is 23.1 Å². The number of carboxylic acids is 1. The summed E-state index contributed by atoms with van der Waals surface area (Å²) in [4.78, 5) is 28.9. The molecule has 27 heavy (non-hydrogen) atoms. The van der Waals surface area contributed by atoms with Crippen LogP contribution in [0.5, 0.6) is 0 Å². The van der Waals surface area contributed by atoms with Crippen molar-refractivity contribution in [2.45, 2.75) is 24.9 Å². The number of carbonyl (C=O) groups excluding carboxylic acids is 1. The fraction of sp³-hybridized carbons (Fsp3) is 0.316. The molecule has 0 saturated carbocycles. The predicted molar refractivity (Wildman–Crippen MR) is 90.5 cm³/mol. The van der Waals surface area contributed by atoms with Gasteiger partial charge in [0.1, 0.15) is 5.69 Å². The molecule has 8 heteroatoms. The second-order valence-electron chi connectivity index (χ2n) is 6.42. The molecular formula is C19H17F3N2O3. The Morgan fingerprint density at radius 2 is 1.70 bits per heavy atom. The van der Waals surface area contributed by atoms with Crippen molar-refractivity contribution in [2.75, 3.05) is 13.1 Å². The van der Waals surface area contributed by atoms with Gasteiger partial charge >= 0.3 is 12.1 Å². The van der Waals surface area contributed by atoms with Gasteiger partial charge < -0.3 is 10.0 Å². The highest BCUT2D eigenvalue weighted by Gasteiger charge is 2.31. The molecule has 1 amide bonds. The zero-order valence-electron chi connectivity index (χ0n) is 14.2. The number of likely N-dealkylation sites (tertiary alicyclic amines) is 1. The van der Waals surface area contributed by atoms with E-state index in [1.807, 2.05) is 0 Å². The third kappa shape index (κ3) is 4.27. The Kier molecular flexibility index (Phi) is 5.16. The molecule has 2 aromatic rings. The summed E-state index contributed by atoms with van der Waals surface area (Å²) in [7, 11) is 0. The van der Waals surface area contributed by atoms with Crippen LogP contribution in [0.4, 0.5) is 13.2 Å². The first kappa shape index (κ1) is 18.9. The summed E-state index contributed by atoms with van der Waals surface area (Å²) in [5, 5.41) is 8.97. The Bertz CT molecular complexity index is 842. The third-order valence-electron chi connectivity index (χ3n) is 4.72. The van der Waals surface area contributed by atoms with Gasteiger partial charge in [0.2, 0.25) is 0 Å². The molecule has 0 radical (unpaired) electrons. The van der Waals surface area contributed by atoms with Gasteiger partial charge in [0.05, 0.1) is 5.56 Å². The van der Waals surface area contributed by atoms with Gasteiger partial charge in [-0.05, 0) is 48.6 Å². The summed E-state index contributed by atoms with van der Waals surface area (Å²) < 4.78 is 38.0. The Morgan fingerprint density at radius 1 is 1.07 bits per heavy atom. The zero-order chi connectivity index (χ0) is 19.6. The molecule has 1 aromatic carbocycles. The second kappa shape index (κ2) is 7.38. The predicted octanol–water partition coefficient (Wildman–Crippen LogP) is 3.82. The molecule has 1 aliphatic heterocycles. The average molecular weight is 378 g/mol. The van der Waals surface area contributed by atoms with Gasteiger partial charge in [-0.25, -0.2) is 9.78 Å². The Balaban J connectivity index is 1.64. The van der Waals surface area contributed by atoms with E-state index in [4.69, 9.17) is 5.11 Å². The highest BCUT2D eigenvalue weighted by molar-refractivity contribution is 5.96. The summed E-state index contributed by atoms with van der Waals surface area (Å²) in [5.41, 5.74) is 0.217. The maximum absolute atomic E-state index is 12.7. The van der Waals surface area contributed by atoms with Crippen molar-refractivity contribution >= 4 is 11.9 Å². The number of hydrogen-bond acceptors (Lipinski definition) is 3. The van der Waals surface area contributed by atoms with Gasteiger partial charge in [0.25, 0.3) is 5.91 Å². The summed E-state index contributed by atoms with van der Waals surface area (Å²) in [6, 6.07) is 7.86. The molecule has 1 N–H and O–H groups in total. The molecule has 0 spiro atoms. The lowest BCUT2D eigenvalue weighted by molar-refractivity contribution is -0.137. The number of hydrogen-bond donors (Lipinski definition) is 1. The number of pyridine rings is 1. The average Bonchev–Trinajstić information content (AvgIpc) is 2.67. The van der Waals surface area contributed by atoms with E-state index in [2.05, 4.69) is 4.98 Å². The number of alkyl halides is 3. The molecule has 1 aromatic heterocycles. The molecule has 2 heterocycles. The van der Waals surface area contributed by atoms with Crippen LogP contribution in [0.3, 0.4) is 0 Å². The lowest BCUT2D eigenvalue weighted by atomic mass is 9.88. The first-order valence-corrected chi connectivity index (χ1v) is 8.41. The van der Waals surface area contributed by atoms with Crippen LogP contribution >= 0.6 is 0 Å². The number of piperidine rings is 1. The minimum absolute atomic E-state index is 0.0864. The number of carbonyl (C=O) groups is 2. The van der Waals surface area contributed by atoms with Gasteiger partial charge in [-0.2, -0.15) is 13.2 Å². The van der Waals surface area contributed by atoms with E-state index in [9.17, 15) is 22.8 Å². The molecule has 0 bridgehead atoms. The van der Waals surface area contributed by atoms with E-state index in [1.54, 1.807) is 4.90 Å². The molecule has 3 rings (SSSR count). The largest absolute Gasteiger partial charge is 0.477 e. The molecule has 1 saturated heterocycles. The first-order chi connectivity index (χ1) is 12.8. The third-order valence-corrected chi connectivity index (χ3v) is 4.72. The van der Waals surface area contributed by atoms with Crippen molar-refractivity contribution in [3.05, 3.63) is 65.0 Å². The van der Waals surface area contributed by atoms with Crippen molar-refractivity contribution < 1.29 is 27.9 Å². The minimum Gasteiger partial charge on any atom is -0.477 e. The fourth-order valence-corrected chi connectivity index (χ4v) is 3.22. The van der Waals surface area contributed by atoms with Crippen LogP contribution in [0.1, 0.15) is 50.7 Å². The van der Waals surface area contributed by atoms with E-state index < -0.39 is 17.7 Å². The van der Waals surface area contributed by atoms with Crippen LogP contribution < -0.4 is 0 Å².